The Kier molecular flexibility index (Phi) is 5.03. The number of allylic oxidation sites excluding steroid dienone is 4. The zero-order chi connectivity index (χ0) is 21.8. The number of thioether (sulfide) groups is 1. The van der Waals surface area contributed by atoms with Gasteiger partial charge >= 0.3 is 0 Å². The molecule has 2 fully saturated rings. The number of para-hydroxylation sites is 1. The minimum Gasteiger partial charge on any atom is -0.360 e. The third-order valence-corrected chi connectivity index (χ3v) is 9.22. The summed E-state index contributed by atoms with van der Waals surface area (Å²) >= 11 is 1.79. The second-order valence-corrected chi connectivity index (χ2v) is 10.8. The molecule has 1 saturated heterocycles. The summed E-state index contributed by atoms with van der Waals surface area (Å²) in [4.78, 5) is 32.3. The van der Waals surface area contributed by atoms with E-state index in [9.17, 15) is 9.59 Å². The smallest absolute Gasteiger partial charge is 0.233 e. The van der Waals surface area contributed by atoms with Crippen LogP contribution in [-0.2, 0) is 9.59 Å². The van der Waals surface area contributed by atoms with Gasteiger partial charge in [0, 0.05) is 40.3 Å². The van der Waals surface area contributed by atoms with E-state index in [0.29, 0.717) is 18.4 Å². The molecule has 3 N–H and O–H groups in total. The number of H-pyrrole nitrogens is 1. The summed E-state index contributed by atoms with van der Waals surface area (Å²) in [5, 5.41) is 1.24. The second-order valence-electron chi connectivity index (χ2n) is 9.72. The Labute approximate surface area is 192 Å². The molecule has 5 aliphatic rings. The molecule has 32 heavy (non-hydrogen) atoms. The van der Waals surface area contributed by atoms with Crippen molar-refractivity contribution in [2.24, 2.45) is 41.2 Å². The molecule has 2 amide bonds. The third-order valence-electron chi connectivity index (χ3n) is 7.97. The van der Waals surface area contributed by atoms with Gasteiger partial charge in [-0.15, -0.1) is 11.8 Å². The van der Waals surface area contributed by atoms with Gasteiger partial charge in [0.05, 0.1) is 11.8 Å². The molecular weight excluding hydrogens is 418 g/mol. The van der Waals surface area contributed by atoms with Crippen molar-refractivity contribution in [2.75, 3.05) is 12.3 Å². The molecule has 1 aromatic heterocycles. The lowest BCUT2D eigenvalue weighted by atomic mass is 9.50. The van der Waals surface area contributed by atoms with Crippen LogP contribution in [0.4, 0.5) is 0 Å². The normalized spacial score (nSPS) is 33.0. The van der Waals surface area contributed by atoms with Gasteiger partial charge in [0.15, 0.2) is 0 Å². The number of likely N-dealkylation sites (tertiary alicyclic amines) is 1. The van der Waals surface area contributed by atoms with E-state index in [1.54, 1.807) is 16.7 Å². The Morgan fingerprint density at radius 3 is 2.28 bits per heavy atom. The van der Waals surface area contributed by atoms with Crippen molar-refractivity contribution in [2.45, 2.75) is 30.2 Å². The van der Waals surface area contributed by atoms with Crippen molar-refractivity contribution in [1.82, 2.24) is 9.88 Å². The second kappa shape index (κ2) is 7.92. The average molecular weight is 448 g/mol. The Balaban J connectivity index is 0.990. The van der Waals surface area contributed by atoms with Crippen LogP contribution in [0.5, 0.6) is 0 Å². The number of fused-ring (bicyclic) bond motifs is 1. The molecule has 2 aromatic rings. The minimum absolute atomic E-state index is 0.0669. The average Bonchev–Trinajstić information content (AvgIpc) is 3.30. The molecule has 4 aliphatic carbocycles. The lowest BCUT2D eigenvalue weighted by Gasteiger charge is -2.51. The highest BCUT2D eigenvalue weighted by Gasteiger charge is 2.62. The van der Waals surface area contributed by atoms with Crippen LogP contribution in [-0.4, -0.2) is 40.0 Å². The molecule has 2 heterocycles. The van der Waals surface area contributed by atoms with Crippen molar-refractivity contribution in [3.05, 3.63) is 54.8 Å². The van der Waals surface area contributed by atoms with Gasteiger partial charge in [-0.25, -0.2) is 0 Å². The van der Waals surface area contributed by atoms with Crippen LogP contribution < -0.4 is 5.73 Å². The summed E-state index contributed by atoms with van der Waals surface area (Å²) in [6, 6.07) is 8.40. The van der Waals surface area contributed by atoms with Crippen LogP contribution in [0, 0.1) is 35.5 Å². The fourth-order valence-corrected chi connectivity index (χ4v) is 7.33. The molecule has 0 radical (unpaired) electrons. The first-order valence-electron chi connectivity index (χ1n) is 11.8. The van der Waals surface area contributed by atoms with E-state index in [0.717, 1.165) is 30.5 Å². The lowest BCUT2D eigenvalue weighted by molar-refractivity contribution is -0.140. The van der Waals surface area contributed by atoms with Gasteiger partial charge in [0.2, 0.25) is 11.8 Å². The molecule has 1 aromatic carbocycles. The van der Waals surface area contributed by atoms with Gasteiger partial charge in [-0.3, -0.25) is 14.5 Å². The highest BCUT2D eigenvalue weighted by molar-refractivity contribution is 7.99. The number of aromatic nitrogens is 1. The predicted molar refractivity (Wildman–Crippen MR) is 127 cm³/mol. The van der Waals surface area contributed by atoms with Crippen molar-refractivity contribution in [1.29, 1.82) is 0 Å². The van der Waals surface area contributed by atoms with Crippen molar-refractivity contribution < 1.29 is 9.59 Å². The van der Waals surface area contributed by atoms with E-state index in [1.165, 1.54) is 10.3 Å². The highest BCUT2D eigenvalue weighted by Crippen LogP contribution is 2.58. The summed E-state index contributed by atoms with van der Waals surface area (Å²) in [5.74, 6) is 2.11. The molecule has 7 rings (SSSR count). The van der Waals surface area contributed by atoms with Gasteiger partial charge in [0.25, 0.3) is 0 Å². The number of nitrogens with two attached hydrogens (primary N) is 1. The van der Waals surface area contributed by atoms with Gasteiger partial charge in [0.1, 0.15) is 0 Å². The van der Waals surface area contributed by atoms with Crippen molar-refractivity contribution in [3.8, 4) is 0 Å². The Morgan fingerprint density at radius 1 is 0.938 bits per heavy atom. The maximum absolute atomic E-state index is 13.1. The number of nitrogens with one attached hydrogen (secondary N) is 1. The maximum atomic E-state index is 13.1. The fourth-order valence-electron chi connectivity index (χ4n) is 6.29. The number of amides is 2. The molecule has 2 bridgehead atoms. The van der Waals surface area contributed by atoms with E-state index in [-0.39, 0.29) is 41.5 Å². The predicted octanol–water partition coefficient (Wildman–Crippen LogP) is 3.98. The number of nitrogens with zero attached hydrogens (tertiary/aromatic N) is 1. The first-order valence-corrected chi connectivity index (χ1v) is 12.8. The van der Waals surface area contributed by atoms with E-state index in [1.807, 2.05) is 6.07 Å². The molecular formula is C26H29N3O2S. The van der Waals surface area contributed by atoms with E-state index in [4.69, 9.17) is 5.73 Å². The number of carbonyl (C=O) groups is 2. The number of unbranched alkanes of at least 4 members (excludes halogenated alkanes) is 1. The quantitative estimate of drug-likeness (QED) is 0.278. The standard InChI is InChI=1S/C26H29N3O2S/c27-15(14-32-22-13-28-21-7-2-1-6-20(21)22)5-3-4-12-29-25(30)23-18-10-11-19(24(23)26(29)31)17-9-8-16(17)18/h1-2,6-11,13,15-19,23-24,28H,3-5,12,14,27H2. The van der Waals surface area contributed by atoms with E-state index in [2.05, 4.69) is 53.7 Å². The number of aromatic amines is 1. The Bertz CT molecular complexity index is 1080. The number of carbonyl (C=O) groups excluding carboxylic acids is 2. The maximum Gasteiger partial charge on any atom is 0.233 e. The van der Waals surface area contributed by atoms with Gasteiger partial charge in [-0.1, -0.05) is 48.9 Å². The Hall–Kier alpha value is -2.31. The number of imide groups is 1. The van der Waals surface area contributed by atoms with E-state index < -0.39 is 0 Å². The molecule has 1 saturated carbocycles. The molecule has 7 unspecified atom stereocenters. The summed E-state index contributed by atoms with van der Waals surface area (Å²) in [6.07, 6.45) is 13.6. The number of hydrogen-bond donors (Lipinski definition) is 2. The van der Waals surface area contributed by atoms with Crippen LogP contribution in [0.15, 0.2) is 59.7 Å². The van der Waals surface area contributed by atoms with Crippen molar-refractivity contribution in [3.63, 3.8) is 0 Å². The van der Waals surface area contributed by atoms with E-state index >= 15 is 0 Å². The topological polar surface area (TPSA) is 79.2 Å². The molecule has 6 heteroatoms. The first-order chi connectivity index (χ1) is 15.6. The minimum atomic E-state index is -0.126. The molecule has 5 nitrogen and oxygen atoms in total. The summed E-state index contributed by atoms with van der Waals surface area (Å²) in [6.45, 7) is 0.537. The summed E-state index contributed by atoms with van der Waals surface area (Å²) in [5.41, 5.74) is 7.52. The lowest BCUT2D eigenvalue weighted by Crippen LogP contribution is -2.50. The monoisotopic (exact) mass is 447 g/mol. The summed E-state index contributed by atoms with van der Waals surface area (Å²) in [7, 11) is 0. The third kappa shape index (κ3) is 3.11. The highest BCUT2D eigenvalue weighted by atomic mass is 32.2. The number of hydrogen-bond acceptors (Lipinski definition) is 4. The van der Waals surface area contributed by atoms with Gasteiger partial charge in [-0.2, -0.15) is 0 Å². The molecule has 7 atom stereocenters. The largest absolute Gasteiger partial charge is 0.360 e. The van der Waals surface area contributed by atoms with Gasteiger partial charge in [-0.05, 0) is 42.6 Å². The van der Waals surface area contributed by atoms with Gasteiger partial charge < -0.3 is 10.7 Å². The molecule has 166 valence electrons. The molecule has 0 spiro atoms. The number of rotatable bonds is 8. The van der Waals surface area contributed by atoms with Crippen LogP contribution in [0.25, 0.3) is 10.9 Å². The van der Waals surface area contributed by atoms with Crippen molar-refractivity contribution >= 4 is 34.5 Å². The van der Waals surface area contributed by atoms with Crippen LogP contribution in [0.1, 0.15) is 19.3 Å². The zero-order valence-corrected chi connectivity index (χ0v) is 18.8. The van der Waals surface area contributed by atoms with Crippen LogP contribution in [0.3, 0.4) is 0 Å². The number of benzene rings is 1. The molecule has 1 aliphatic heterocycles. The zero-order valence-electron chi connectivity index (χ0n) is 18.0. The Morgan fingerprint density at radius 2 is 1.59 bits per heavy atom. The van der Waals surface area contributed by atoms with Crippen LogP contribution in [0.2, 0.25) is 0 Å². The SMILES string of the molecule is NC(CCCCN1C(=O)C2C3C=CC(C4C=CC43)C2C1=O)CSc1c[nH]c2ccccc12. The fraction of sp³-hybridized carbons (Fsp3) is 0.462. The van der Waals surface area contributed by atoms with Crippen LogP contribution >= 0.6 is 11.8 Å². The summed E-state index contributed by atoms with van der Waals surface area (Å²) < 4.78 is 0. The first kappa shape index (κ1) is 20.3.